The van der Waals surface area contributed by atoms with Gasteiger partial charge in [0.05, 0.1) is 11.1 Å². The minimum atomic E-state index is -0.364. The quantitative estimate of drug-likeness (QED) is 0.182. The fourth-order valence-corrected chi connectivity index (χ4v) is 6.78. The van der Waals surface area contributed by atoms with E-state index in [0.717, 1.165) is 22.3 Å². The van der Waals surface area contributed by atoms with Crippen molar-refractivity contribution in [1.82, 2.24) is 0 Å². The second kappa shape index (κ2) is 10.3. The van der Waals surface area contributed by atoms with Crippen molar-refractivity contribution in [3.05, 3.63) is 120 Å². The lowest BCUT2D eigenvalue weighted by Crippen LogP contribution is -2.41. The van der Waals surface area contributed by atoms with Crippen LogP contribution in [-0.2, 0) is 9.47 Å². The van der Waals surface area contributed by atoms with Gasteiger partial charge in [0.1, 0.15) is 11.2 Å². The van der Waals surface area contributed by atoms with Gasteiger partial charge in [-0.2, -0.15) is 0 Å². The van der Waals surface area contributed by atoms with Crippen molar-refractivity contribution in [3.8, 4) is 22.3 Å². The van der Waals surface area contributed by atoms with Gasteiger partial charge in [-0.25, -0.2) is 9.98 Å². The van der Waals surface area contributed by atoms with Gasteiger partial charge in [0, 0.05) is 11.1 Å². The zero-order chi connectivity index (χ0) is 33.6. The van der Waals surface area contributed by atoms with Crippen molar-refractivity contribution in [2.24, 2.45) is 9.98 Å². The Hall–Kier alpha value is -4.96. The first-order valence-electron chi connectivity index (χ1n) is 16.9. The molecule has 240 valence electrons. The maximum absolute atomic E-state index is 6.35. The third-order valence-electron chi connectivity index (χ3n) is 11.1. The minimum absolute atomic E-state index is 0.294. The van der Waals surface area contributed by atoms with E-state index in [1.807, 2.05) is 0 Å². The van der Waals surface area contributed by atoms with E-state index in [1.54, 1.807) is 0 Å². The molecular weight excluding hydrogens is 588 g/mol. The number of hydrogen-bond donors (Lipinski definition) is 0. The second-order valence-corrected chi connectivity index (χ2v) is 15.4. The highest BCUT2D eigenvalue weighted by Gasteiger charge is 2.46. The van der Waals surface area contributed by atoms with Crippen molar-refractivity contribution < 1.29 is 9.47 Å². The summed E-state index contributed by atoms with van der Waals surface area (Å²) < 4.78 is 12.7. The minimum Gasteiger partial charge on any atom is -0.469 e. The molecular formula is C44H42N2O2. The standard InChI is InChI=1S/C44H42N2O2/c1-41(2)43(5,6)47-39(45-41)31-15-11-13-27(23-31)29-19-21-35-36-22-20-30(26-38(36)34-18-10-9-17-33(34)37(35)25-29)28-14-12-16-32(24-28)40-46-42(3,4)44(7,8)48-40/h9-26H,1-8H3. The van der Waals surface area contributed by atoms with Crippen LogP contribution < -0.4 is 0 Å². The van der Waals surface area contributed by atoms with Gasteiger partial charge >= 0.3 is 0 Å². The van der Waals surface area contributed by atoms with E-state index >= 15 is 0 Å². The molecule has 2 heterocycles. The van der Waals surface area contributed by atoms with E-state index in [0.29, 0.717) is 11.8 Å². The molecule has 0 atom stereocenters. The molecule has 0 N–H and O–H groups in total. The van der Waals surface area contributed by atoms with Crippen LogP contribution in [0.4, 0.5) is 0 Å². The zero-order valence-corrected chi connectivity index (χ0v) is 29.1. The van der Waals surface area contributed by atoms with Gasteiger partial charge in [0.2, 0.25) is 11.8 Å². The summed E-state index contributed by atoms with van der Waals surface area (Å²) in [6.45, 7) is 16.9. The number of fused-ring (bicyclic) bond motifs is 6. The molecule has 0 unspecified atom stereocenters. The molecule has 6 aromatic rings. The predicted molar refractivity (Wildman–Crippen MR) is 201 cm³/mol. The summed E-state index contributed by atoms with van der Waals surface area (Å²) in [5.41, 5.74) is 5.32. The lowest BCUT2D eigenvalue weighted by molar-refractivity contribution is 0.0618. The molecule has 0 fully saturated rings. The van der Waals surface area contributed by atoms with Crippen LogP contribution in [0.3, 0.4) is 0 Å². The Balaban J connectivity index is 1.22. The van der Waals surface area contributed by atoms with Gasteiger partial charge in [-0.1, -0.05) is 72.8 Å². The molecule has 0 spiro atoms. The second-order valence-electron chi connectivity index (χ2n) is 15.4. The first-order chi connectivity index (χ1) is 22.7. The van der Waals surface area contributed by atoms with Crippen molar-refractivity contribution >= 4 is 44.1 Å². The molecule has 2 aliphatic heterocycles. The van der Waals surface area contributed by atoms with E-state index in [1.165, 1.54) is 43.4 Å². The van der Waals surface area contributed by atoms with Gasteiger partial charge < -0.3 is 9.47 Å². The fourth-order valence-electron chi connectivity index (χ4n) is 6.78. The molecule has 2 aliphatic rings. The highest BCUT2D eigenvalue weighted by Crippen LogP contribution is 2.41. The van der Waals surface area contributed by atoms with E-state index in [4.69, 9.17) is 19.5 Å². The molecule has 0 amide bonds. The molecule has 6 aromatic carbocycles. The average Bonchev–Trinajstić information content (AvgIpc) is 3.43. The average molecular weight is 631 g/mol. The van der Waals surface area contributed by atoms with Crippen LogP contribution in [0.5, 0.6) is 0 Å². The Morgan fingerprint density at radius 2 is 0.708 bits per heavy atom. The van der Waals surface area contributed by atoms with Crippen LogP contribution in [0.15, 0.2) is 119 Å². The molecule has 4 nitrogen and oxygen atoms in total. The third kappa shape index (κ3) is 4.72. The molecule has 8 rings (SSSR count). The lowest BCUT2D eigenvalue weighted by atomic mass is 9.87. The van der Waals surface area contributed by atoms with E-state index in [9.17, 15) is 0 Å². The van der Waals surface area contributed by atoms with Crippen LogP contribution in [0.1, 0.15) is 66.5 Å². The number of nitrogens with zero attached hydrogens (tertiary/aromatic N) is 2. The summed E-state index contributed by atoms with van der Waals surface area (Å²) in [6.07, 6.45) is 0. The van der Waals surface area contributed by atoms with E-state index in [-0.39, 0.29) is 22.3 Å². The number of benzene rings is 6. The van der Waals surface area contributed by atoms with Gasteiger partial charge in [-0.15, -0.1) is 0 Å². The Morgan fingerprint density at radius 3 is 1.08 bits per heavy atom. The molecule has 0 saturated heterocycles. The highest BCUT2D eigenvalue weighted by molar-refractivity contribution is 6.26. The summed E-state index contributed by atoms with van der Waals surface area (Å²) >= 11 is 0. The largest absolute Gasteiger partial charge is 0.469 e. The summed E-state index contributed by atoms with van der Waals surface area (Å²) in [4.78, 5) is 9.90. The predicted octanol–water partition coefficient (Wildman–Crippen LogP) is 11.1. The molecule has 0 bridgehead atoms. The van der Waals surface area contributed by atoms with Gasteiger partial charge in [-0.05, 0) is 146 Å². The van der Waals surface area contributed by atoms with Crippen molar-refractivity contribution in [2.45, 2.75) is 77.7 Å². The van der Waals surface area contributed by atoms with Crippen molar-refractivity contribution in [1.29, 1.82) is 0 Å². The van der Waals surface area contributed by atoms with Crippen LogP contribution in [-0.4, -0.2) is 34.1 Å². The summed E-state index contributed by atoms with van der Waals surface area (Å²) in [6, 6.07) is 39.6. The smallest absolute Gasteiger partial charge is 0.217 e. The van der Waals surface area contributed by atoms with Crippen LogP contribution >= 0.6 is 0 Å². The highest BCUT2D eigenvalue weighted by atomic mass is 16.5. The van der Waals surface area contributed by atoms with E-state index < -0.39 is 0 Å². The number of rotatable bonds is 4. The van der Waals surface area contributed by atoms with Crippen LogP contribution in [0, 0.1) is 0 Å². The number of hydrogen-bond acceptors (Lipinski definition) is 4. The first kappa shape index (κ1) is 30.4. The topological polar surface area (TPSA) is 43.2 Å². The molecule has 0 saturated carbocycles. The van der Waals surface area contributed by atoms with Gasteiger partial charge in [-0.3, -0.25) is 0 Å². The molecule has 48 heavy (non-hydrogen) atoms. The number of aliphatic imine (C=N–C) groups is 2. The van der Waals surface area contributed by atoms with Crippen molar-refractivity contribution in [2.75, 3.05) is 0 Å². The van der Waals surface area contributed by atoms with Gasteiger partial charge in [0.25, 0.3) is 0 Å². The Kier molecular flexibility index (Phi) is 6.50. The maximum Gasteiger partial charge on any atom is 0.217 e. The lowest BCUT2D eigenvalue weighted by Gasteiger charge is -2.30. The number of ether oxygens (including phenoxy) is 2. The molecule has 4 heteroatoms. The normalized spacial score (nSPS) is 18.8. The Morgan fingerprint density at radius 1 is 0.354 bits per heavy atom. The molecule has 0 radical (unpaired) electrons. The van der Waals surface area contributed by atoms with Crippen LogP contribution in [0.2, 0.25) is 0 Å². The van der Waals surface area contributed by atoms with E-state index in [2.05, 4.69) is 165 Å². The Labute approximate surface area is 283 Å². The third-order valence-corrected chi connectivity index (χ3v) is 11.1. The zero-order valence-electron chi connectivity index (χ0n) is 29.1. The summed E-state index contributed by atoms with van der Waals surface area (Å²) in [7, 11) is 0. The van der Waals surface area contributed by atoms with Crippen molar-refractivity contribution in [3.63, 3.8) is 0 Å². The van der Waals surface area contributed by atoms with Crippen LogP contribution in [0.25, 0.3) is 54.6 Å². The monoisotopic (exact) mass is 630 g/mol. The SMILES string of the molecule is CC1(C)N=C(c2cccc(-c3ccc4c5ccc(-c6cccc(C7=NC(C)(C)C(C)(C)O7)c6)cc5c5ccccc5c4c3)c2)OC1(C)C. The molecule has 0 aromatic heterocycles. The summed E-state index contributed by atoms with van der Waals surface area (Å²) in [5, 5.41) is 7.47. The van der Waals surface area contributed by atoms with Gasteiger partial charge in [0.15, 0.2) is 0 Å². The fraction of sp³-hybridized carbons (Fsp3) is 0.273. The molecule has 0 aliphatic carbocycles. The summed E-state index contributed by atoms with van der Waals surface area (Å²) in [5.74, 6) is 1.42. The first-order valence-corrected chi connectivity index (χ1v) is 16.9. The maximum atomic E-state index is 6.35. The Bertz CT molecular complexity index is 2170.